The summed E-state index contributed by atoms with van der Waals surface area (Å²) in [6.45, 7) is 4.18. The number of morpholine rings is 1. The molecule has 11 nitrogen and oxygen atoms in total. The van der Waals surface area contributed by atoms with Gasteiger partial charge in [-0.05, 0) is 60.7 Å². The molecule has 1 aliphatic heterocycles. The fourth-order valence-corrected chi connectivity index (χ4v) is 5.54. The Balaban J connectivity index is 1.19. The molecule has 3 aromatic heterocycles. The summed E-state index contributed by atoms with van der Waals surface area (Å²) in [7, 11) is 0. The van der Waals surface area contributed by atoms with Crippen LogP contribution in [0.2, 0.25) is 0 Å². The highest BCUT2D eigenvalue weighted by Crippen LogP contribution is 2.30. The van der Waals surface area contributed by atoms with Crippen molar-refractivity contribution in [3.63, 3.8) is 0 Å². The molecule has 38 heavy (non-hydrogen) atoms. The third kappa shape index (κ3) is 6.16. The zero-order valence-electron chi connectivity index (χ0n) is 21.0. The van der Waals surface area contributed by atoms with Crippen molar-refractivity contribution in [2.24, 2.45) is 0 Å². The lowest BCUT2D eigenvalue weighted by atomic mass is 9.93. The lowest BCUT2D eigenvalue weighted by molar-refractivity contribution is 0.0342. The maximum Gasteiger partial charge on any atom is 0.216 e. The van der Waals surface area contributed by atoms with Gasteiger partial charge in [-0.15, -0.1) is 15.0 Å². The fraction of sp³-hybridized carbons (Fsp3) is 0.423. The van der Waals surface area contributed by atoms with Crippen molar-refractivity contribution in [3.8, 4) is 16.4 Å². The summed E-state index contributed by atoms with van der Waals surface area (Å²) < 4.78 is 5.52. The first-order valence-electron chi connectivity index (χ1n) is 13.0. The van der Waals surface area contributed by atoms with Gasteiger partial charge in [0, 0.05) is 25.7 Å². The number of tetrazole rings is 1. The number of rotatable bonds is 8. The number of nitrogens with one attached hydrogen (secondary N) is 2. The molecule has 1 saturated heterocycles. The van der Waals surface area contributed by atoms with Crippen LogP contribution in [0.25, 0.3) is 16.4 Å². The Morgan fingerprint density at radius 3 is 2.63 bits per heavy atom. The zero-order chi connectivity index (χ0) is 25.7. The van der Waals surface area contributed by atoms with Gasteiger partial charge < -0.3 is 20.5 Å². The molecule has 0 bridgehead atoms. The Kier molecular flexibility index (Phi) is 7.54. The number of aliphatic hydroxyl groups is 1. The van der Waals surface area contributed by atoms with Crippen molar-refractivity contribution in [1.82, 2.24) is 35.1 Å². The maximum atomic E-state index is 9.88. The highest BCUT2D eigenvalue weighted by atomic mass is 32.1. The average molecular weight is 534 g/mol. The topological polar surface area (TPSA) is 126 Å². The standard InChI is InChI=1S/C26H31N9O2S/c36-21-8-6-19(7-9-21)28-23-14-18(17-34-10-12-37-13-11-34)15-24(29-23)30-26-27-16-22(38-26)25-31-33-35(32-25)20-4-2-1-3-5-20/h1-5,14-16,19,21,36H,6-13,17H2,(H2,27,28,29,30). The number of thiazole rings is 1. The van der Waals surface area contributed by atoms with Crippen LogP contribution in [-0.4, -0.2) is 78.6 Å². The van der Waals surface area contributed by atoms with Gasteiger partial charge in [-0.25, -0.2) is 9.97 Å². The summed E-state index contributed by atoms with van der Waals surface area (Å²) in [6.07, 6.45) is 5.08. The van der Waals surface area contributed by atoms with Gasteiger partial charge in [-0.3, -0.25) is 4.90 Å². The van der Waals surface area contributed by atoms with E-state index in [0.717, 1.165) is 80.7 Å². The van der Waals surface area contributed by atoms with Crippen molar-refractivity contribution in [3.05, 3.63) is 54.2 Å². The van der Waals surface area contributed by atoms with Gasteiger partial charge in [0.05, 0.1) is 36.1 Å². The van der Waals surface area contributed by atoms with Crippen LogP contribution in [0.15, 0.2) is 48.7 Å². The first kappa shape index (κ1) is 24.9. The van der Waals surface area contributed by atoms with Crippen LogP contribution in [0.5, 0.6) is 0 Å². The number of nitrogens with zero attached hydrogens (tertiary/aromatic N) is 7. The molecular weight excluding hydrogens is 502 g/mol. The van der Waals surface area contributed by atoms with Crippen molar-refractivity contribution in [2.45, 2.75) is 44.4 Å². The molecule has 12 heteroatoms. The third-order valence-corrected chi connectivity index (χ3v) is 7.71. The number of aromatic nitrogens is 6. The van der Waals surface area contributed by atoms with Gasteiger partial charge in [0.2, 0.25) is 5.82 Å². The van der Waals surface area contributed by atoms with Crippen molar-refractivity contribution in [2.75, 3.05) is 36.9 Å². The van der Waals surface area contributed by atoms with Crippen molar-refractivity contribution in [1.29, 1.82) is 0 Å². The molecule has 1 saturated carbocycles. The first-order valence-corrected chi connectivity index (χ1v) is 13.8. The van der Waals surface area contributed by atoms with Crippen molar-refractivity contribution >= 4 is 28.1 Å². The molecule has 2 aliphatic rings. The predicted octanol–water partition coefficient (Wildman–Crippen LogP) is 3.47. The molecule has 198 valence electrons. The highest BCUT2D eigenvalue weighted by molar-refractivity contribution is 7.18. The van der Waals surface area contributed by atoms with E-state index in [2.05, 4.69) is 48.1 Å². The number of ether oxygens (including phenoxy) is 1. The van der Waals surface area contributed by atoms with E-state index in [1.807, 2.05) is 30.3 Å². The van der Waals surface area contributed by atoms with E-state index >= 15 is 0 Å². The zero-order valence-corrected chi connectivity index (χ0v) is 21.8. The number of anilines is 3. The maximum absolute atomic E-state index is 9.88. The van der Waals surface area contributed by atoms with Crippen LogP contribution in [-0.2, 0) is 11.3 Å². The molecule has 6 rings (SSSR count). The lowest BCUT2D eigenvalue weighted by Crippen LogP contribution is -2.35. The van der Waals surface area contributed by atoms with E-state index in [4.69, 9.17) is 9.72 Å². The molecule has 4 aromatic rings. The van der Waals surface area contributed by atoms with Crippen LogP contribution in [0.1, 0.15) is 31.2 Å². The van der Waals surface area contributed by atoms with Gasteiger partial charge >= 0.3 is 0 Å². The van der Waals surface area contributed by atoms with E-state index in [-0.39, 0.29) is 6.10 Å². The highest BCUT2D eigenvalue weighted by Gasteiger charge is 2.20. The van der Waals surface area contributed by atoms with Gasteiger partial charge in [-0.2, -0.15) is 0 Å². The molecule has 0 radical (unpaired) electrons. The van der Waals surface area contributed by atoms with Gasteiger partial charge in [0.25, 0.3) is 0 Å². The summed E-state index contributed by atoms with van der Waals surface area (Å²) in [4.78, 5) is 14.1. The van der Waals surface area contributed by atoms with Gasteiger partial charge in [0.15, 0.2) is 5.13 Å². The molecule has 0 amide bonds. The third-order valence-electron chi connectivity index (χ3n) is 6.81. The number of hydrogen-bond acceptors (Lipinski definition) is 11. The normalized spacial score (nSPS) is 20.3. The molecule has 0 unspecified atom stereocenters. The summed E-state index contributed by atoms with van der Waals surface area (Å²) in [5.74, 6) is 2.09. The van der Waals surface area contributed by atoms with Gasteiger partial charge in [0.1, 0.15) is 11.6 Å². The molecule has 1 aromatic carbocycles. The molecular formula is C26H31N9O2S. The molecule has 1 aliphatic carbocycles. The second kappa shape index (κ2) is 11.5. The molecule has 2 fully saturated rings. The predicted molar refractivity (Wildman–Crippen MR) is 146 cm³/mol. The molecule has 0 spiro atoms. The minimum atomic E-state index is -0.186. The Labute approximate surface area is 224 Å². The molecule has 0 atom stereocenters. The Bertz CT molecular complexity index is 1330. The summed E-state index contributed by atoms with van der Waals surface area (Å²) >= 11 is 1.46. The monoisotopic (exact) mass is 533 g/mol. The van der Waals surface area contributed by atoms with Crippen LogP contribution in [0.3, 0.4) is 0 Å². The number of benzene rings is 1. The molecule has 4 heterocycles. The lowest BCUT2D eigenvalue weighted by Gasteiger charge is -2.28. The van der Waals surface area contributed by atoms with Crippen LogP contribution >= 0.6 is 11.3 Å². The average Bonchev–Trinajstić information content (AvgIpc) is 3.61. The fourth-order valence-electron chi connectivity index (χ4n) is 4.79. The Hall–Kier alpha value is -3.45. The minimum absolute atomic E-state index is 0.186. The summed E-state index contributed by atoms with van der Waals surface area (Å²) in [6, 6.07) is 14.2. The van der Waals surface area contributed by atoms with Crippen LogP contribution in [0, 0.1) is 0 Å². The van der Waals surface area contributed by atoms with Crippen LogP contribution in [0.4, 0.5) is 16.8 Å². The minimum Gasteiger partial charge on any atom is -0.393 e. The van der Waals surface area contributed by atoms with E-state index < -0.39 is 0 Å². The van der Waals surface area contributed by atoms with Gasteiger partial charge in [-0.1, -0.05) is 29.5 Å². The quantitative estimate of drug-likeness (QED) is 0.310. The Morgan fingerprint density at radius 1 is 1.03 bits per heavy atom. The van der Waals surface area contributed by atoms with E-state index in [1.54, 1.807) is 6.20 Å². The largest absolute Gasteiger partial charge is 0.393 e. The number of aliphatic hydroxyl groups excluding tert-OH is 1. The summed E-state index contributed by atoms with van der Waals surface area (Å²) in [5.41, 5.74) is 2.02. The van der Waals surface area contributed by atoms with Crippen LogP contribution < -0.4 is 10.6 Å². The number of hydrogen-bond donors (Lipinski definition) is 3. The number of para-hydroxylation sites is 1. The summed E-state index contributed by atoms with van der Waals surface area (Å²) in [5, 5.41) is 30.5. The van der Waals surface area contributed by atoms with E-state index in [1.165, 1.54) is 21.7 Å². The smallest absolute Gasteiger partial charge is 0.216 e. The van der Waals surface area contributed by atoms with E-state index in [9.17, 15) is 5.11 Å². The molecule has 3 N–H and O–H groups in total. The number of pyridine rings is 1. The second-order valence-corrected chi connectivity index (χ2v) is 10.7. The van der Waals surface area contributed by atoms with E-state index in [0.29, 0.717) is 17.0 Å². The second-order valence-electron chi connectivity index (χ2n) is 9.68. The SMILES string of the molecule is OC1CCC(Nc2cc(CN3CCOCC3)cc(Nc3ncc(-c4nnn(-c5ccccc5)n4)s3)n2)CC1. The van der Waals surface area contributed by atoms with Crippen molar-refractivity contribution < 1.29 is 9.84 Å². The first-order chi connectivity index (χ1) is 18.7. The Morgan fingerprint density at radius 2 is 1.82 bits per heavy atom.